The highest BCUT2D eigenvalue weighted by atomic mass is 32.1. The van der Waals surface area contributed by atoms with Crippen LogP contribution in [-0.2, 0) is 10.8 Å². The summed E-state index contributed by atoms with van der Waals surface area (Å²) in [6.07, 6.45) is 0. The number of aryl methyl sites for hydroxylation is 4. The summed E-state index contributed by atoms with van der Waals surface area (Å²) < 4.78 is 10.1. The molecule has 0 fully saturated rings. The monoisotopic (exact) mass is 934 g/mol. The molecule has 3 nitrogen and oxygen atoms in total. The lowest BCUT2D eigenvalue weighted by Gasteiger charge is -2.44. The fourth-order valence-corrected chi connectivity index (χ4v) is 13.5. The maximum absolute atomic E-state index is 7.44. The van der Waals surface area contributed by atoms with Gasteiger partial charge in [-0.3, -0.25) is 0 Å². The number of furan rings is 1. The third-order valence-electron chi connectivity index (χ3n) is 14.9. The van der Waals surface area contributed by atoms with Gasteiger partial charge in [0.25, 0.3) is 6.71 Å². The van der Waals surface area contributed by atoms with Crippen molar-refractivity contribution in [3.8, 4) is 20.9 Å². The number of rotatable bonds is 5. The van der Waals surface area contributed by atoms with Crippen molar-refractivity contribution in [3.63, 3.8) is 0 Å². The number of fused-ring (bicyclic) bond motifs is 8. The fourth-order valence-electron chi connectivity index (χ4n) is 11.4. The maximum Gasteiger partial charge on any atom is 0.297 e. The Balaban J connectivity index is 1.18. The van der Waals surface area contributed by atoms with E-state index in [1.165, 1.54) is 119 Å². The van der Waals surface area contributed by atoms with Crippen LogP contribution < -0.4 is 26.4 Å². The van der Waals surface area contributed by atoms with Crippen molar-refractivity contribution < 1.29 is 4.42 Å². The predicted octanol–water partition coefficient (Wildman–Crippen LogP) is 17.2. The number of benzene rings is 7. The second-order valence-electron chi connectivity index (χ2n) is 22.2. The Morgan fingerprint density at radius 2 is 1.06 bits per heavy atom. The topological polar surface area (TPSA) is 19.6 Å². The first-order chi connectivity index (χ1) is 32.9. The van der Waals surface area contributed by atoms with Crippen molar-refractivity contribution in [3.05, 3.63) is 172 Å². The summed E-state index contributed by atoms with van der Waals surface area (Å²) in [5.74, 6) is 0.276. The molecule has 0 aliphatic carbocycles. The van der Waals surface area contributed by atoms with Crippen LogP contribution in [0.2, 0.25) is 0 Å². The molecule has 2 aliphatic heterocycles. The first-order valence-electron chi connectivity index (χ1n) is 24.6. The molecule has 0 amide bonds. The SMILES string of the molecule is Cc1cc(C(C)(C)C)cc(C)c1N1c2cc(-c3cc4ccccc4s3)ccc2B2c3oc4ccc(C(C)(C)C)cc4c3N(c3c(C)cc(-c4cc5ccccc5s4)cc3C)c3cc(C(C)C)cc1c32. The molecule has 0 saturated heterocycles. The second-order valence-corrected chi connectivity index (χ2v) is 24.4. The van der Waals surface area contributed by atoms with Gasteiger partial charge in [0.05, 0.1) is 22.7 Å². The van der Waals surface area contributed by atoms with E-state index in [1.54, 1.807) is 0 Å². The third-order valence-corrected chi connectivity index (χ3v) is 17.3. The van der Waals surface area contributed by atoms with Crippen molar-refractivity contribution in [2.75, 3.05) is 9.80 Å². The smallest absolute Gasteiger partial charge is 0.297 e. The quantitative estimate of drug-likeness (QED) is 0.160. The highest BCUT2D eigenvalue weighted by Gasteiger charge is 2.48. The zero-order valence-electron chi connectivity index (χ0n) is 42.0. The molecular formula is C63H59BN2OS2. The van der Waals surface area contributed by atoms with Crippen molar-refractivity contribution >= 4 is 111 Å². The van der Waals surface area contributed by atoms with E-state index in [2.05, 4.69) is 226 Å². The van der Waals surface area contributed by atoms with E-state index in [0.29, 0.717) is 0 Å². The zero-order valence-corrected chi connectivity index (χ0v) is 43.6. The number of anilines is 6. The zero-order chi connectivity index (χ0) is 48.0. The van der Waals surface area contributed by atoms with E-state index >= 15 is 0 Å². The lowest BCUT2D eigenvalue weighted by molar-refractivity contribution is 0.589. The molecule has 0 spiro atoms. The molecule has 5 heterocycles. The van der Waals surface area contributed by atoms with Crippen LogP contribution in [-0.4, -0.2) is 6.71 Å². The van der Waals surface area contributed by atoms with Gasteiger partial charge in [-0.1, -0.05) is 122 Å². The maximum atomic E-state index is 7.44. The van der Waals surface area contributed by atoms with E-state index in [4.69, 9.17) is 4.42 Å². The van der Waals surface area contributed by atoms with Gasteiger partial charge < -0.3 is 14.2 Å². The predicted molar refractivity (Wildman–Crippen MR) is 302 cm³/mol. The summed E-state index contributed by atoms with van der Waals surface area (Å²) >= 11 is 3.75. The average molecular weight is 935 g/mol. The van der Waals surface area contributed by atoms with Gasteiger partial charge in [-0.2, -0.15) is 0 Å². The molecule has 7 aromatic carbocycles. The standard InChI is InChI=1S/C63H59BN2OS2/c1-35(2)43-30-50-57-51(31-43)66(59-36(3)25-44(26-37(59)4)56-33-41-18-14-16-20-54(41)69-56)60-47-34-45(62(7,8)9)22-24-52(47)67-61(60)64(57)48-23-21-42(55-32-40-17-13-15-19-53(40)68-55)29-49(48)65(50)58-38(5)27-46(28-39(58)6)63(10,11)12/h13-35H,1-12H3. The lowest BCUT2D eigenvalue weighted by Crippen LogP contribution is -2.61. The fraction of sp³-hybridized carbons (Fsp3) is 0.238. The van der Waals surface area contributed by atoms with Gasteiger partial charge in [-0.15, -0.1) is 22.7 Å². The van der Waals surface area contributed by atoms with Crippen molar-refractivity contribution in [2.24, 2.45) is 0 Å². The lowest BCUT2D eigenvalue weighted by atomic mass is 9.35. The van der Waals surface area contributed by atoms with Crippen LogP contribution in [0, 0.1) is 27.7 Å². The van der Waals surface area contributed by atoms with Crippen molar-refractivity contribution in [1.82, 2.24) is 0 Å². The molecule has 0 bridgehead atoms. The molecule has 0 unspecified atom stereocenters. The summed E-state index contributed by atoms with van der Waals surface area (Å²) in [5, 5.41) is 3.73. The number of thiophene rings is 2. The van der Waals surface area contributed by atoms with Crippen LogP contribution in [0.5, 0.6) is 0 Å². The normalized spacial score (nSPS) is 13.6. The molecule has 0 saturated carbocycles. The molecule has 0 atom stereocenters. The third kappa shape index (κ3) is 6.95. The minimum absolute atomic E-state index is 0.0112. The van der Waals surface area contributed by atoms with Crippen LogP contribution in [0.3, 0.4) is 0 Å². The molecule has 2 aliphatic rings. The average Bonchev–Trinajstić information content (AvgIpc) is 4.04. The Labute approximate surface area is 416 Å². The van der Waals surface area contributed by atoms with Gasteiger partial charge >= 0.3 is 0 Å². The summed E-state index contributed by atoms with van der Waals surface area (Å²) in [6, 6.07) is 51.2. The molecule has 0 N–H and O–H groups in total. The molecular weight excluding hydrogens is 876 g/mol. The van der Waals surface area contributed by atoms with Crippen LogP contribution in [0.25, 0.3) is 52.0 Å². The van der Waals surface area contributed by atoms with Crippen LogP contribution in [0.1, 0.15) is 100 Å². The van der Waals surface area contributed by atoms with Crippen LogP contribution >= 0.6 is 22.7 Å². The van der Waals surface area contributed by atoms with Gasteiger partial charge in [-0.05, 0) is 183 Å². The van der Waals surface area contributed by atoms with Crippen LogP contribution in [0.4, 0.5) is 34.1 Å². The highest BCUT2D eigenvalue weighted by molar-refractivity contribution is 7.22. The molecule has 10 aromatic rings. The molecule has 3 aromatic heterocycles. The molecule has 12 rings (SSSR count). The van der Waals surface area contributed by atoms with E-state index in [0.717, 1.165) is 22.3 Å². The van der Waals surface area contributed by atoms with Crippen molar-refractivity contribution in [1.29, 1.82) is 0 Å². The molecule has 6 heteroatoms. The second kappa shape index (κ2) is 15.6. The van der Waals surface area contributed by atoms with Crippen molar-refractivity contribution in [2.45, 2.75) is 99.8 Å². The summed E-state index contributed by atoms with van der Waals surface area (Å²) in [6.45, 7) is 27.7. The Morgan fingerprint density at radius 1 is 0.507 bits per heavy atom. The Morgan fingerprint density at radius 3 is 1.64 bits per heavy atom. The number of hydrogen-bond acceptors (Lipinski definition) is 5. The first-order valence-corrected chi connectivity index (χ1v) is 26.3. The summed E-state index contributed by atoms with van der Waals surface area (Å²) in [5.41, 5.74) is 23.2. The number of hydrogen-bond donors (Lipinski definition) is 0. The van der Waals surface area contributed by atoms with Gasteiger partial charge in [0.2, 0.25) is 0 Å². The first kappa shape index (κ1) is 43.9. The summed E-state index contributed by atoms with van der Waals surface area (Å²) in [7, 11) is 0. The highest BCUT2D eigenvalue weighted by Crippen LogP contribution is 2.52. The molecule has 0 radical (unpaired) electrons. The van der Waals surface area contributed by atoms with E-state index in [-0.39, 0.29) is 23.5 Å². The van der Waals surface area contributed by atoms with Gasteiger partial charge in [0, 0.05) is 41.6 Å². The number of nitrogens with zero attached hydrogens (tertiary/aromatic N) is 2. The Kier molecular flexibility index (Phi) is 9.92. The van der Waals surface area contributed by atoms with E-state index in [1.807, 2.05) is 22.7 Å². The molecule has 69 heavy (non-hydrogen) atoms. The van der Waals surface area contributed by atoms with Gasteiger partial charge in [0.15, 0.2) is 0 Å². The van der Waals surface area contributed by atoms with Gasteiger partial charge in [-0.25, -0.2) is 0 Å². The Bertz CT molecular complexity index is 3640. The van der Waals surface area contributed by atoms with Gasteiger partial charge in [0.1, 0.15) is 5.58 Å². The minimum Gasteiger partial charge on any atom is -0.468 e. The largest absolute Gasteiger partial charge is 0.468 e. The summed E-state index contributed by atoms with van der Waals surface area (Å²) in [4.78, 5) is 7.82. The Hall–Kier alpha value is -6.34. The molecule has 342 valence electrons. The minimum atomic E-state index is -0.149. The van der Waals surface area contributed by atoms with E-state index < -0.39 is 0 Å². The van der Waals surface area contributed by atoms with E-state index in [9.17, 15) is 0 Å². The van der Waals surface area contributed by atoms with Crippen LogP contribution in [0.15, 0.2) is 138 Å².